The number of hydrogen-bond donors (Lipinski definition) is 2. The standard InChI is InChI=1S/C20H23N3O4/c24-18-12-23(19(25)14-27-13-15-6-2-1-3-7-15)11-9-16(18)22-20(26)17-8-4-5-10-21-17/h1-8,10,16,18,24H,9,11-14H2,(H,22,26)/t16-,18-/m1/s1. The molecule has 2 atom stereocenters. The molecule has 2 aromatic rings. The largest absolute Gasteiger partial charge is 0.389 e. The van der Waals surface area contributed by atoms with Crippen molar-refractivity contribution in [3.63, 3.8) is 0 Å². The van der Waals surface area contributed by atoms with E-state index < -0.39 is 12.1 Å². The van der Waals surface area contributed by atoms with Crippen LogP contribution in [-0.2, 0) is 16.1 Å². The lowest BCUT2D eigenvalue weighted by Gasteiger charge is -2.36. The van der Waals surface area contributed by atoms with E-state index in [9.17, 15) is 14.7 Å². The maximum Gasteiger partial charge on any atom is 0.270 e. The van der Waals surface area contributed by atoms with Crippen molar-refractivity contribution in [2.75, 3.05) is 19.7 Å². The van der Waals surface area contributed by atoms with Crippen LogP contribution >= 0.6 is 0 Å². The lowest BCUT2D eigenvalue weighted by molar-refractivity contribution is -0.140. The van der Waals surface area contributed by atoms with Crippen LogP contribution in [-0.4, -0.2) is 58.6 Å². The van der Waals surface area contributed by atoms with E-state index in [-0.39, 0.29) is 25.0 Å². The summed E-state index contributed by atoms with van der Waals surface area (Å²) in [6, 6.07) is 14.3. The maximum atomic E-state index is 12.3. The third kappa shape index (κ3) is 5.35. The van der Waals surface area contributed by atoms with E-state index in [0.717, 1.165) is 5.56 Å². The van der Waals surface area contributed by atoms with Crippen LogP contribution < -0.4 is 5.32 Å². The van der Waals surface area contributed by atoms with E-state index in [1.165, 1.54) is 0 Å². The third-order valence-electron chi connectivity index (χ3n) is 4.49. The van der Waals surface area contributed by atoms with Crippen molar-refractivity contribution in [3.05, 3.63) is 66.0 Å². The molecule has 1 aromatic heterocycles. The highest BCUT2D eigenvalue weighted by Crippen LogP contribution is 2.13. The molecule has 0 aliphatic carbocycles. The first-order chi connectivity index (χ1) is 13.1. The predicted octanol–water partition coefficient (Wildman–Crippen LogP) is 0.990. The molecular formula is C20H23N3O4. The number of aliphatic hydroxyl groups is 1. The monoisotopic (exact) mass is 369 g/mol. The summed E-state index contributed by atoms with van der Waals surface area (Å²) >= 11 is 0. The van der Waals surface area contributed by atoms with E-state index in [0.29, 0.717) is 25.3 Å². The van der Waals surface area contributed by atoms with Crippen LogP contribution in [0, 0.1) is 0 Å². The number of pyridine rings is 1. The first kappa shape index (κ1) is 19.0. The Morgan fingerprint density at radius 3 is 2.67 bits per heavy atom. The van der Waals surface area contributed by atoms with Gasteiger partial charge in [0.15, 0.2) is 0 Å². The van der Waals surface area contributed by atoms with Gasteiger partial charge in [0.25, 0.3) is 5.91 Å². The van der Waals surface area contributed by atoms with Gasteiger partial charge in [0.1, 0.15) is 12.3 Å². The SMILES string of the molecule is O=C(N[C@@H]1CCN(C(=O)COCc2ccccc2)C[C@H]1O)c1ccccn1. The number of nitrogens with zero attached hydrogens (tertiary/aromatic N) is 2. The molecule has 0 spiro atoms. The fraction of sp³-hybridized carbons (Fsp3) is 0.350. The van der Waals surface area contributed by atoms with Gasteiger partial charge < -0.3 is 20.1 Å². The molecular weight excluding hydrogens is 346 g/mol. The maximum absolute atomic E-state index is 12.3. The first-order valence-corrected chi connectivity index (χ1v) is 8.93. The second-order valence-corrected chi connectivity index (χ2v) is 6.47. The molecule has 2 amide bonds. The number of piperidine rings is 1. The van der Waals surface area contributed by atoms with Crippen LogP contribution in [0.15, 0.2) is 54.7 Å². The molecule has 2 N–H and O–H groups in total. The number of benzene rings is 1. The average molecular weight is 369 g/mol. The summed E-state index contributed by atoms with van der Waals surface area (Å²) in [5.41, 5.74) is 1.30. The molecule has 7 heteroatoms. The Morgan fingerprint density at radius 1 is 1.19 bits per heavy atom. The molecule has 0 saturated carbocycles. The van der Waals surface area contributed by atoms with Gasteiger partial charge in [-0.05, 0) is 24.1 Å². The Labute approximate surface area is 158 Å². The average Bonchev–Trinajstić information content (AvgIpc) is 2.71. The fourth-order valence-corrected chi connectivity index (χ4v) is 2.99. The van der Waals surface area contributed by atoms with Gasteiger partial charge in [0, 0.05) is 19.3 Å². The molecule has 3 rings (SSSR count). The Balaban J connectivity index is 1.43. The number of aliphatic hydroxyl groups excluding tert-OH is 1. The summed E-state index contributed by atoms with van der Waals surface area (Å²) in [7, 11) is 0. The van der Waals surface area contributed by atoms with Crippen molar-refractivity contribution in [1.82, 2.24) is 15.2 Å². The zero-order chi connectivity index (χ0) is 19.1. The normalized spacial score (nSPS) is 19.5. The van der Waals surface area contributed by atoms with E-state index in [4.69, 9.17) is 4.74 Å². The summed E-state index contributed by atoms with van der Waals surface area (Å²) in [4.78, 5) is 30.0. The summed E-state index contributed by atoms with van der Waals surface area (Å²) in [5, 5.41) is 13.1. The first-order valence-electron chi connectivity index (χ1n) is 8.93. The van der Waals surface area contributed by atoms with Crippen molar-refractivity contribution in [2.45, 2.75) is 25.2 Å². The minimum atomic E-state index is -0.829. The second kappa shape index (κ2) is 9.25. The van der Waals surface area contributed by atoms with Crippen LogP contribution in [0.3, 0.4) is 0 Å². The van der Waals surface area contributed by atoms with E-state index >= 15 is 0 Å². The van der Waals surface area contributed by atoms with Crippen LogP contribution in [0.25, 0.3) is 0 Å². The van der Waals surface area contributed by atoms with Gasteiger partial charge in [0.05, 0.1) is 18.8 Å². The smallest absolute Gasteiger partial charge is 0.270 e. The molecule has 7 nitrogen and oxygen atoms in total. The molecule has 2 heterocycles. The highest BCUT2D eigenvalue weighted by molar-refractivity contribution is 5.92. The molecule has 1 saturated heterocycles. The molecule has 1 aliphatic rings. The van der Waals surface area contributed by atoms with E-state index in [2.05, 4.69) is 10.3 Å². The van der Waals surface area contributed by atoms with Crippen molar-refractivity contribution < 1.29 is 19.4 Å². The number of ether oxygens (including phenoxy) is 1. The molecule has 27 heavy (non-hydrogen) atoms. The van der Waals surface area contributed by atoms with Gasteiger partial charge >= 0.3 is 0 Å². The second-order valence-electron chi connectivity index (χ2n) is 6.47. The number of likely N-dealkylation sites (tertiary alicyclic amines) is 1. The number of aromatic nitrogens is 1. The van der Waals surface area contributed by atoms with Crippen LogP contribution in [0.2, 0.25) is 0 Å². The molecule has 1 aromatic carbocycles. The molecule has 0 bridgehead atoms. The zero-order valence-electron chi connectivity index (χ0n) is 15.0. The van der Waals surface area contributed by atoms with Gasteiger partial charge in [-0.2, -0.15) is 0 Å². The Bertz CT molecular complexity index is 754. The molecule has 0 radical (unpaired) electrons. The Morgan fingerprint density at radius 2 is 1.96 bits per heavy atom. The number of carbonyl (C=O) groups excluding carboxylic acids is 2. The molecule has 142 valence electrons. The van der Waals surface area contributed by atoms with Gasteiger partial charge in [-0.3, -0.25) is 14.6 Å². The Kier molecular flexibility index (Phi) is 6.51. The van der Waals surface area contributed by atoms with Crippen LogP contribution in [0.4, 0.5) is 0 Å². The van der Waals surface area contributed by atoms with Crippen molar-refractivity contribution in [1.29, 1.82) is 0 Å². The van der Waals surface area contributed by atoms with Gasteiger partial charge in [-0.25, -0.2) is 0 Å². The zero-order valence-corrected chi connectivity index (χ0v) is 15.0. The highest BCUT2D eigenvalue weighted by atomic mass is 16.5. The number of carbonyl (C=O) groups is 2. The van der Waals surface area contributed by atoms with Crippen molar-refractivity contribution in [3.8, 4) is 0 Å². The lowest BCUT2D eigenvalue weighted by atomic mass is 10.0. The number of amides is 2. The molecule has 0 unspecified atom stereocenters. The summed E-state index contributed by atoms with van der Waals surface area (Å²) in [6.07, 6.45) is 1.19. The lowest BCUT2D eigenvalue weighted by Crippen LogP contribution is -2.55. The summed E-state index contributed by atoms with van der Waals surface area (Å²) < 4.78 is 5.47. The third-order valence-corrected chi connectivity index (χ3v) is 4.49. The van der Waals surface area contributed by atoms with Crippen LogP contribution in [0.5, 0.6) is 0 Å². The quantitative estimate of drug-likeness (QED) is 0.792. The van der Waals surface area contributed by atoms with Crippen molar-refractivity contribution >= 4 is 11.8 Å². The van der Waals surface area contributed by atoms with Gasteiger partial charge in [-0.1, -0.05) is 36.4 Å². The fourth-order valence-electron chi connectivity index (χ4n) is 2.99. The topological polar surface area (TPSA) is 91.8 Å². The number of rotatable bonds is 6. The highest BCUT2D eigenvalue weighted by Gasteiger charge is 2.31. The molecule has 1 fully saturated rings. The van der Waals surface area contributed by atoms with E-state index in [1.807, 2.05) is 30.3 Å². The minimum Gasteiger partial charge on any atom is -0.389 e. The number of β-amino-alcohol motifs (C(OH)–C–C–N with tert-alkyl or cyclic N) is 1. The molecule has 1 aliphatic heterocycles. The van der Waals surface area contributed by atoms with Crippen LogP contribution in [0.1, 0.15) is 22.5 Å². The predicted molar refractivity (Wildman–Crippen MR) is 98.8 cm³/mol. The summed E-state index contributed by atoms with van der Waals surface area (Å²) in [5.74, 6) is -0.495. The van der Waals surface area contributed by atoms with Gasteiger partial charge in [-0.15, -0.1) is 0 Å². The number of hydrogen-bond acceptors (Lipinski definition) is 5. The minimum absolute atomic E-state index is 0.0351. The van der Waals surface area contributed by atoms with Crippen molar-refractivity contribution in [2.24, 2.45) is 0 Å². The Hall–Kier alpha value is -2.77. The van der Waals surface area contributed by atoms with Gasteiger partial charge in [0.2, 0.25) is 5.91 Å². The van der Waals surface area contributed by atoms with E-state index in [1.54, 1.807) is 29.3 Å². The number of nitrogens with one attached hydrogen (secondary N) is 1. The summed E-state index contributed by atoms with van der Waals surface area (Å²) in [6.45, 7) is 0.955.